The van der Waals surface area contributed by atoms with Crippen molar-refractivity contribution in [3.63, 3.8) is 0 Å². The second-order valence-corrected chi connectivity index (χ2v) is 15.6. The standard InChI is InChI=1S/C17H12N2O.C17H14N2O.CH2Cl2.3ClH.Fe/c1-20-17-18-10-15-13-8-3-2-6-11(13)12-7-4-5-9-14(12)16(15)19-17;1-20-17-18-11-14(12-19-17)16-10-6-5-9-15(16)13-7-3-2-4-8-13;2-1-3;;;;/h2-10H,1H3;2-12H,1H3;1H2;3*1H;/q;;;;;;+3/p-3. The number of alkyl halides is 2. The summed E-state index contributed by atoms with van der Waals surface area (Å²) in [7, 11) is 17.8. The summed E-state index contributed by atoms with van der Waals surface area (Å²) in [6.45, 7) is 0. The van der Waals surface area contributed by atoms with Crippen LogP contribution in [-0.2, 0) is 11.2 Å². The molecule has 7 rings (SSSR count). The molecular weight excluding hydrogens is 742 g/mol. The molecule has 0 unspecified atom stereocenters. The molecule has 0 atom stereocenters. The number of halogens is 5. The van der Waals surface area contributed by atoms with E-state index >= 15 is 0 Å². The molecule has 243 valence electrons. The van der Waals surface area contributed by atoms with Crippen LogP contribution in [0.5, 0.6) is 12.0 Å². The molecule has 0 aliphatic rings. The van der Waals surface area contributed by atoms with Gasteiger partial charge in [-0.3, -0.25) is 0 Å². The van der Waals surface area contributed by atoms with E-state index in [4.69, 9.17) is 63.0 Å². The summed E-state index contributed by atoms with van der Waals surface area (Å²) in [6, 6.07) is 36.0. The second-order valence-electron chi connectivity index (χ2n) is 9.33. The first-order chi connectivity index (χ1) is 22.9. The number of ether oxygens (including phenoxy) is 2. The summed E-state index contributed by atoms with van der Waals surface area (Å²) in [4.78, 5) is 17.1. The third-order valence-electron chi connectivity index (χ3n) is 6.77. The summed E-state index contributed by atoms with van der Waals surface area (Å²) >= 11 is 8.19. The van der Waals surface area contributed by atoms with Crippen LogP contribution < -0.4 is 9.47 Å². The molecule has 0 aliphatic carbocycles. The summed E-state index contributed by atoms with van der Waals surface area (Å²) in [5.41, 5.74) is 5.37. The van der Waals surface area contributed by atoms with E-state index in [0.717, 1.165) is 27.4 Å². The SMILES string of the molecule is COc1ncc(-c2ccccc2-c2ccccc2)cn1.COc1ncc2c3ccccc3c3ccccc3c2n1.ClCCl.[Cl][Fe]([Cl])[Cl]. The molecule has 0 saturated heterocycles. The van der Waals surface area contributed by atoms with E-state index in [1.807, 2.05) is 48.7 Å². The minimum atomic E-state index is -1.33. The van der Waals surface area contributed by atoms with Crippen LogP contribution in [0.3, 0.4) is 0 Å². The van der Waals surface area contributed by atoms with E-state index < -0.39 is 11.2 Å². The average molecular weight is 770 g/mol. The van der Waals surface area contributed by atoms with Crippen molar-refractivity contribution in [3.8, 4) is 34.3 Å². The van der Waals surface area contributed by atoms with Crippen molar-refractivity contribution in [3.05, 3.63) is 122 Å². The summed E-state index contributed by atoms with van der Waals surface area (Å²) < 4.78 is 10.2. The normalized spacial score (nSPS) is 10.5. The number of hydrogen-bond donors (Lipinski definition) is 0. The minimum absolute atomic E-state index is 0.194. The van der Waals surface area contributed by atoms with Crippen LogP contribution in [0.15, 0.2) is 122 Å². The molecule has 47 heavy (non-hydrogen) atoms. The van der Waals surface area contributed by atoms with Gasteiger partial charge in [-0.05, 0) is 32.8 Å². The maximum atomic E-state index is 5.16. The number of methoxy groups -OCH3 is 2. The zero-order valence-corrected chi connectivity index (χ0v) is 30.0. The van der Waals surface area contributed by atoms with Gasteiger partial charge in [0.1, 0.15) is 0 Å². The van der Waals surface area contributed by atoms with Gasteiger partial charge in [0.25, 0.3) is 0 Å². The molecule has 0 amide bonds. The maximum absolute atomic E-state index is 5.16. The average Bonchev–Trinajstić information content (AvgIpc) is 3.12. The van der Waals surface area contributed by atoms with Crippen LogP contribution in [0.25, 0.3) is 54.7 Å². The summed E-state index contributed by atoms with van der Waals surface area (Å²) in [6.07, 6.45) is 5.41. The first kappa shape index (κ1) is 36.4. The van der Waals surface area contributed by atoms with Crippen molar-refractivity contribution in [2.75, 3.05) is 19.6 Å². The molecular formula is C35H28Cl5FeN4O2. The summed E-state index contributed by atoms with van der Waals surface area (Å²) in [5.74, 6) is 0. The quantitative estimate of drug-likeness (QED) is 0.101. The number of benzene rings is 5. The third-order valence-corrected chi connectivity index (χ3v) is 6.77. The Morgan fingerprint density at radius 3 is 1.45 bits per heavy atom. The molecule has 7 aromatic rings. The van der Waals surface area contributed by atoms with Crippen LogP contribution >= 0.6 is 53.5 Å². The Balaban J connectivity index is 0.000000178. The van der Waals surface area contributed by atoms with Gasteiger partial charge < -0.3 is 9.47 Å². The molecule has 12 heteroatoms. The van der Waals surface area contributed by atoms with Gasteiger partial charge in [0.15, 0.2) is 0 Å². The van der Waals surface area contributed by atoms with Gasteiger partial charge in [-0.25, -0.2) is 15.0 Å². The molecule has 0 aliphatic heterocycles. The Morgan fingerprint density at radius 2 is 0.915 bits per heavy atom. The van der Waals surface area contributed by atoms with Crippen molar-refractivity contribution in [1.29, 1.82) is 0 Å². The molecule has 0 radical (unpaired) electrons. The van der Waals surface area contributed by atoms with Crippen molar-refractivity contribution in [2.24, 2.45) is 0 Å². The van der Waals surface area contributed by atoms with E-state index in [-0.39, 0.29) is 5.34 Å². The fraction of sp³-hybridized carbons (Fsp3) is 0.0857. The zero-order chi connectivity index (χ0) is 33.6. The van der Waals surface area contributed by atoms with Gasteiger partial charge in [0, 0.05) is 34.9 Å². The van der Waals surface area contributed by atoms with Gasteiger partial charge in [-0.1, -0.05) is 103 Å². The van der Waals surface area contributed by atoms with Crippen molar-refractivity contribution in [2.45, 2.75) is 0 Å². The van der Waals surface area contributed by atoms with Crippen LogP contribution in [0, 0.1) is 0 Å². The molecule has 0 bridgehead atoms. The molecule has 0 N–H and O–H groups in total. The van der Waals surface area contributed by atoms with Crippen LogP contribution in [-0.4, -0.2) is 39.5 Å². The molecule has 5 aromatic carbocycles. The van der Waals surface area contributed by atoms with Crippen LogP contribution in [0.1, 0.15) is 0 Å². The Kier molecular flexibility index (Phi) is 14.6. The number of rotatable bonds is 4. The Morgan fingerprint density at radius 1 is 0.511 bits per heavy atom. The third kappa shape index (κ3) is 9.82. The Hall–Kier alpha value is -3.39. The number of aromatic nitrogens is 4. The fourth-order valence-electron chi connectivity index (χ4n) is 4.91. The van der Waals surface area contributed by atoms with Crippen molar-refractivity contribution < 1.29 is 20.6 Å². The zero-order valence-electron chi connectivity index (χ0n) is 25.1. The van der Waals surface area contributed by atoms with E-state index in [2.05, 4.69) is 80.6 Å². The van der Waals surface area contributed by atoms with E-state index in [1.165, 1.54) is 27.3 Å². The van der Waals surface area contributed by atoms with E-state index in [1.54, 1.807) is 26.6 Å². The van der Waals surface area contributed by atoms with E-state index in [0.29, 0.717) is 12.0 Å². The molecule has 2 aromatic heterocycles. The van der Waals surface area contributed by atoms with Gasteiger partial charge in [0.05, 0.1) is 25.1 Å². The number of nitrogens with zero attached hydrogens (tertiary/aromatic N) is 4. The Bertz CT molecular complexity index is 1980. The van der Waals surface area contributed by atoms with Crippen molar-refractivity contribution >= 4 is 85.9 Å². The van der Waals surface area contributed by atoms with E-state index in [9.17, 15) is 0 Å². The molecule has 0 spiro atoms. The second kappa shape index (κ2) is 18.8. The van der Waals surface area contributed by atoms with Gasteiger partial charge in [-0.2, -0.15) is 4.98 Å². The number of hydrogen-bond acceptors (Lipinski definition) is 6. The molecule has 2 heterocycles. The molecule has 6 nitrogen and oxygen atoms in total. The summed E-state index contributed by atoms with van der Waals surface area (Å²) in [5, 5.41) is 5.98. The van der Waals surface area contributed by atoms with Gasteiger partial charge >= 0.3 is 53.5 Å². The molecule has 0 saturated carbocycles. The first-order valence-corrected chi connectivity index (χ1v) is 19.4. The monoisotopic (exact) mass is 767 g/mol. The first-order valence-electron chi connectivity index (χ1n) is 13.8. The van der Waals surface area contributed by atoms with Gasteiger partial charge in [0.2, 0.25) is 0 Å². The topological polar surface area (TPSA) is 70.0 Å². The molecule has 0 fully saturated rings. The Labute approximate surface area is 300 Å². The predicted molar refractivity (Wildman–Crippen MR) is 195 cm³/mol. The van der Waals surface area contributed by atoms with Crippen LogP contribution in [0.4, 0.5) is 0 Å². The fourth-order valence-corrected chi connectivity index (χ4v) is 4.91. The number of fused-ring (bicyclic) bond motifs is 6. The predicted octanol–water partition coefficient (Wildman–Crippen LogP) is 11.3. The van der Waals surface area contributed by atoms with Gasteiger partial charge in [-0.15, -0.1) is 23.2 Å². The van der Waals surface area contributed by atoms with Crippen molar-refractivity contribution in [1.82, 2.24) is 19.9 Å². The van der Waals surface area contributed by atoms with Crippen LogP contribution in [0.2, 0.25) is 0 Å².